The fourth-order valence-corrected chi connectivity index (χ4v) is 14.9. The van der Waals surface area contributed by atoms with Crippen molar-refractivity contribution in [2.75, 3.05) is 50.3 Å². The summed E-state index contributed by atoms with van der Waals surface area (Å²) in [6.07, 6.45) is 0.774. The molecule has 0 spiro atoms. The monoisotopic (exact) mass is 1900 g/mol. The highest BCUT2D eigenvalue weighted by Gasteiger charge is 2.40. The van der Waals surface area contributed by atoms with Gasteiger partial charge in [-0.2, -0.15) is 23.5 Å². The molecule has 1 aliphatic heterocycles. The van der Waals surface area contributed by atoms with Crippen LogP contribution in [0.1, 0.15) is 163 Å². The summed E-state index contributed by atoms with van der Waals surface area (Å²) < 4.78 is 1.42. The molecule has 1 unspecified atom stereocenters. The summed E-state index contributed by atoms with van der Waals surface area (Å²) in [5.74, 6) is -15.7. The highest BCUT2D eigenvalue weighted by atomic mass is 35.5. The predicted molar refractivity (Wildman–Crippen MR) is 488 cm³/mol. The van der Waals surface area contributed by atoms with Crippen LogP contribution in [0.5, 0.6) is 0 Å². The number of nitrogens with zero attached hydrogens (tertiary/aromatic N) is 3. The molecule has 0 saturated heterocycles. The summed E-state index contributed by atoms with van der Waals surface area (Å²) in [6.45, 7) is 11.8. The molecule has 2 heterocycles. The second kappa shape index (κ2) is 59.0. The van der Waals surface area contributed by atoms with Crippen LogP contribution in [0.3, 0.4) is 0 Å². The predicted octanol–water partition coefficient (Wildman–Crippen LogP) is -4.95. The lowest BCUT2D eigenvalue weighted by Crippen LogP contribution is -2.62. The van der Waals surface area contributed by atoms with Crippen molar-refractivity contribution in [3.8, 4) is 0 Å². The second-order valence-electron chi connectivity index (χ2n) is 33.2. The third kappa shape index (κ3) is 40.9. The van der Waals surface area contributed by atoms with Gasteiger partial charge in [0.2, 0.25) is 100 Å². The number of amides is 17. The van der Waals surface area contributed by atoms with Crippen LogP contribution in [0.25, 0.3) is 0 Å². The summed E-state index contributed by atoms with van der Waals surface area (Å²) in [4.78, 5) is 239. The molecular weight excluding hydrogens is 1760 g/mol. The van der Waals surface area contributed by atoms with Gasteiger partial charge in [-0.25, -0.2) is 0 Å². The zero-order valence-electron chi connectivity index (χ0n) is 76.1. The van der Waals surface area contributed by atoms with Gasteiger partial charge in [-0.1, -0.05) is 87.0 Å². The number of carbonyl (C=O) groups is 17. The number of primary amides is 1. The molecule has 18 atom stereocenters. The number of benzene rings is 2. The number of nitrogens with one attached hydrogen (secondary N) is 16. The molecule has 26 N–H and O–H groups in total. The van der Waals surface area contributed by atoms with Gasteiger partial charge in [-0.15, -0.1) is 5.10 Å². The van der Waals surface area contributed by atoms with Crippen LogP contribution in [0.15, 0.2) is 60.8 Å². The van der Waals surface area contributed by atoms with Crippen molar-refractivity contribution >= 4 is 136 Å². The standard InChI is InChI=1S/C85H135ClN22O21S2/c1-45(2)36-61(80(124)103-66(44-109)71(89)115)99-82(126)65-41-55-43-108(107-106-55)33-20-17-28-56(74(118)91-47(5)72(116)98-64(39-52-22-13-12-14-23-52)81(125)96-58(76(120)100-65)27-16-19-32-88)94-75(119)57(26-15-18-31-87)95-79(123)62(37-46(3)4)101-83(127)69(49(7)111)104-78(122)60(30-35-131-11)97-77(121)59(29-34-130-10)93-67(114)42-90-73(117)63(40-53-24-21-25-54(86)38-53)102-84(128)70(50(8)112)105-85(129)68(48(6)110)92-51(9)113/h12-14,21-25,38,43,45-50,56-66,68-70,109-112H,15-20,26-37,39-42,44,87-88H2,1-11H3,(H2,89,115)(H,90,117)(H,91,118)(H,92,113)(H,93,114)(H,94,119)(H,95,123)(H,96,125)(H,97,121)(H,98,116)(H,99,126)(H,100,120)(H,101,127)(H,102,128)(H,103,124)(H,104,122)(H,105,129)/t47-,48+,49+,50+,56-,57-,58-,59-,60-,61-,62-,63?,64-,65+,66-,68-,69-,70-/m0/s1. The molecule has 1 aliphatic rings. The SMILES string of the molecule is CSCC[C@H](NC(=O)CNC(=O)C(Cc1cccc(Cl)c1)NC(=O)[C@@H](NC(=O)[C@@H](NC(C)=O)[C@@H](C)O)[C@@H](C)O)C(=O)N[C@@H](CCSC)C(=O)N[C@H](C(=O)N[C@@H](CC(C)C)C(=O)N[C@@H](CCCCN)C(=O)N[C@H]1CCCCn2cc(nn2)C[C@H](C(=O)N[C@@H](CC(C)C)C(=O)N[C@@H](CO)C(N)=O)NC(=O)[C@H](CCCCN)NC(=O)[C@H](Cc2ccccc2)NC(=O)[C@H](C)NC1=O)[C@@H](C)O. The first-order valence-electron chi connectivity index (χ1n) is 43.8. The molecule has 0 aliphatic carbocycles. The van der Waals surface area contributed by atoms with Crippen molar-refractivity contribution in [2.45, 2.75) is 281 Å². The Hall–Kier alpha value is -10.7. The van der Waals surface area contributed by atoms with Crippen LogP contribution in [-0.4, -0.2) is 295 Å². The van der Waals surface area contributed by atoms with Crippen LogP contribution in [-0.2, 0) is 107 Å². The minimum absolute atomic E-state index is 0.0168. The summed E-state index contributed by atoms with van der Waals surface area (Å²) in [5.41, 5.74) is 18.4. The normalized spacial score (nSPS) is 18.9. The van der Waals surface area contributed by atoms with E-state index in [0.717, 1.165) is 6.92 Å². The average Bonchev–Trinajstić information content (AvgIpc) is 1.51. The van der Waals surface area contributed by atoms with Gasteiger partial charge >= 0.3 is 0 Å². The van der Waals surface area contributed by atoms with E-state index < -0.39 is 223 Å². The third-order valence-corrected chi connectivity index (χ3v) is 22.4. The number of aliphatic hydroxyl groups is 4. The molecule has 2 bridgehead atoms. The Balaban J connectivity index is 1.64. The van der Waals surface area contributed by atoms with E-state index in [1.807, 2.05) is 0 Å². The lowest BCUT2D eigenvalue weighted by Gasteiger charge is -2.29. The Morgan fingerprint density at radius 2 is 1.05 bits per heavy atom. The largest absolute Gasteiger partial charge is 0.394 e. The first-order valence-corrected chi connectivity index (χ1v) is 47.0. The molecule has 3 aromatic rings. The first-order chi connectivity index (χ1) is 62.0. The van der Waals surface area contributed by atoms with Gasteiger partial charge in [0.25, 0.3) is 0 Å². The van der Waals surface area contributed by atoms with Crippen LogP contribution >= 0.6 is 35.1 Å². The topological polar surface area (TPSA) is 672 Å². The molecule has 1 aromatic heterocycles. The Morgan fingerprint density at radius 3 is 1.60 bits per heavy atom. The molecule has 43 nitrogen and oxygen atoms in total. The Labute approximate surface area is 776 Å². The van der Waals surface area contributed by atoms with Crippen molar-refractivity contribution in [1.82, 2.24) is 100 Å². The molecular formula is C85H135ClN22O21S2. The van der Waals surface area contributed by atoms with Gasteiger partial charge in [0, 0.05) is 44.0 Å². The maximum Gasteiger partial charge on any atom is 0.245 e. The van der Waals surface area contributed by atoms with E-state index in [1.54, 1.807) is 88.7 Å². The number of hydrogen-bond acceptors (Lipinski definition) is 27. The van der Waals surface area contributed by atoms with E-state index in [2.05, 4.69) is 95.4 Å². The van der Waals surface area contributed by atoms with Gasteiger partial charge in [0.1, 0.15) is 90.6 Å². The van der Waals surface area contributed by atoms with Crippen LogP contribution in [0.4, 0.5) is 0 Å². The molecule has 0 radical (unpaired) electrons. The Morgan fingerprint density at radius 1 is 0.542 bits per heavy atom. The lowest BCUT2D eigenvalue weighted by atomic mass is 10.0. The van der Waals surface area contributed by atoms with E-state index in [9.17, 15) is 102 Å². The van der Waals surface area contributed by atoms with Crippen molar-refractivity contribution in [2.24, 2.45) is 29.0 Å². The Bertz CT molecular complexity index is 4270. The quantitative estimate of drug-likeness (QED) is 0.0236. The van der Waals surface area contributed by atoms with E-state index in [4.69, 9.17) is 28.8 Å². The first kappa shape index (κ1) is 113. The van der Waals surface area contributed by atoms with Crippen molar-refractivity contribution in [1.29, 1.82) is 0 Å². The number of carbonyl (C=O) groups excluding carboxylic acids is 17. The zero-order chi connectivity index (χ0) is 97.7. The van der Waals surface area contributed by atoms with Gasteiger partial charge in [-0.05, 0) is 183 Å². The number of rotatable bonds is 50. The number of halogens is 1. The number of aryl methyl sites for hydroxylation is 1. The van der Waals surface area contributed by atoms with Crippen molar-refractivity contribution in [3.63, 3.8) is 0 Å². The number of nitrogens with two attached hydrogens (primary N) is 3. The second-order valence-corrected chi connectivity index (χ2v) is 35.6. The molecule has 2 aromatic carbocycles. The minimum Gasteiger partial charge on any atom is -0.394 e. The molecule has 17 amide bonds. The van der Waals surface area contributed by atoms with Crippen LogP contribution < -0.4 is 102 Å². The summed E-state index contributed by atoms with van der Waals surface area (Å²) in [7, 11) is 0. The molecule has 4 rings (SSSR count). The summed E-state index contributed by atoms with van der Waals surface area (Å²) in [6, 6.07) is -7.69. The van der Waals surface area contributed by atoms with Crippen LogP contribution in [0.2, 0.25) is 5.02 Å². The maximum absolute atomic E-state index is 15.0. The third-order valence-electron chi connectivity index (χ3n) is 20.9. The molecule has 730 valence electrons. The molecule has 131 heavy (non-hydrogen) atoms. The van der Waals surface area contributed by atoms with E-state index in [-0.39, 0.29) is 144 Å². The fourth-order valence-electron chi connectivity index (χ4n) is 13.7. The highest BCUT2D eigenvalue weighted by Crippen LogP contribution is 2.18. The van der Waals surface area contributed by atoms with E-state index in [1.165, 1.54) is 68.2 Å². The number of hydrogen-bond donors (Lipinski definition) is 23. The highest BCUT2D eigenvalue weighted by molar-refractivity contribution is 7.98. The van der Waals surface area contributed by atoms with E-state index >= 15 is 0 Å². The van der Waals surface area contributed by atoms with Gasteiger partial charge in [0.15, 0.2) is 0 Å². The minimum atomic E-state index is -1.81. The number of unbranched alkanes of at least 4 members (excludes halogenated alkanes) is 2. The zero-order valence-corrected chi connectivity index (χ0v) is 78.5. The lowest BCUT2D eigenvalue weighted by molar-refractivity contribution is -0.137. The average molecular weight is 1900 g/mol. The van der Waals surface area contributed by atoms with E-state index in [0.29, 0.717) is 24.0 Å². The van der Waals surface area contributed by atoms with Gasteiger partial charge < -0.3 is 123 Å². The Kier molecular flexibility index (Phi) is 50.7. The molecule has 0 fully saturated rings. The smallest absolute Gasteiger partial charge is 0.245 e. The maximum atomic E-state index is 15.0. The van der Waals surface area contributed by atoms with Gasteiger partial charge in [-0.3, -0.25) is 86.2 Å². The number of aromatic nitrogens is 3. The molecule has 46 heteroatoms. The number of aliphatic hydroxyl groups excluding tert-OH is 4. The molecule has 0 saturated carbocycles. The van der Waals surface area contributed by atoms with Crippen LogP contribution in [0, 0.1) is 11.8 Å². The van der Waals surface area contributed by atoms with Crippen molar-refractivity contribution in [3.05, 3.63) is 82.6 Å². The fraction of sp³-hybridized carbons (Fsp3) is 0.635. The summed E-state index contributed by atoms with van der Waals surface area (Å²) in [5, 5.41) is 91.9. The van der Waals surface area contributed by atoms with Gasteiger partial charge in [0.05, 0.1) is 37.2 Å². The van der Waals surface area contributed by atoms with Crippen molar-refractivity contribution < 1.29 is 102 Å². The number of fused-ring (bicyclic) bond motifs is 2. The number of thioether (sulfide) groups is 2. The summed E-state index contributed by atoms with van der Waals surface area (Å²) >= 11 is 8.85.